The number of carbonyl (C=O) groups is 1. The molecule has 0 bridgehead atoms. The van der Waals surface area contributed by atoms with E-state index in [1.54, 1.807) is 24.3 Å². The van der Waals surface area contributed by atoms with E-state index in [4.69, 9.17) is 9.15 Å². The van der Waals surface area contributed by atoms with Crippen LogP contribution in [0.25, 0.3) is 11.0 Å². The molecule has 0 saturated carbocycles. The fraction of sp³-hybridized carbons (Fsp3) is 0.0833. The third kappa shape index (κ3) is 3.58. The highest BCUT2D eigenvalue weighted by atomic mass is 16.5. The average Bonchev–Trinajstić information content (AvgIpc) is 2.72. The molecule has 0 aliphatic rings. The van der Waals surface area contributed by atoms with Gasteiger partial charge in [0.1, 0.15) is 11.3 Å². The highest BCUT2D eigenvalue weighted by Gasteiger charge is 2.24. The maximum absolute atomic E-state index is 13.1. The zero-order valence-electron chi connectivity index (χ0n) is 15.3. The smallest absolute Gasteiger partial charge is 0.336 e. The van der Waals surface area contributed by atoms with E-state index in [9.17, 15) is 9.59 Å². The van der Waals surface area contributed by atoms with Crippen LogP contribution in [0.3, 0.4) is 0 Å². The van der Waals surface area contributed by atoms with Crippen molar-refractivity contribution in [3.05, 3.63) is 112 Å². The summed E-state index contributed by atoms with van der Waals surface area (Å²) in [6.45, 7) is 1.85. The van der Waals surface area contributed by atoms with E-state index < -0.39 is 11.7 Å². The summed E-state index contributed by atoms with van der Waals surface area (Å²) < 4.78 is 11.4. The molecule has 0 aliphatic heterocycles. The van der Waals surface area contributed by atoms with E-state index in [0.717, 1.165) is 16.5 Å². The Kier molecular flexibility index (Phi) is 4.77. The van der Waals surface area contributed by atoms with Gasteiger partial charge < -0.3 is 9.15 Å². The van der Waals surface area contributed by atoms with Gasteiger partial charge in [0.15, 0.2) is 6.10 Å². The molecule has 4 heteroatoms. The summed E-state index contributed by atoms with van der Waals surface area (Å²) in [5, 5.41) is 0.831. The number of ether oxygens (including phenoxy) is 1. The second kappa shape index (κ2) is 7.53. The van der Waals surface area contributed by atoms with Crippen molar-refractivity contribution in [1.82, 2.24) is 0 Å². The number of fused-ring (bicyclic) bond motifs is 1. The van der Waals surface area contributed by atoms with Crippen molar-refractivity contribution in [3.63, 3.8) is 0 Å². The fourth-order valence-electron chi connectivity index (χ4n) is 3.17. The molecule has 4 aromatic rings. The maximum Gasteiger partial charge on any atom is 0.336 e. The number of Topliss-reactive ketones (excluding diaryl/α,β-unsaturated/α-hetero) is 1. The molecular weight excluding hydrogens is 352 g/mol. The van der Waals surface area contributed by atoms with Gasteiger partial charge >= 0.3 is 5.63 Å². The van der Waals surface area contributed by atoms with Crippen molar-refractivity contribution in [3.8, 4) is 5.75 Å². The highest BCUT2D eigenvalue weighted by molar-refractivity contribution is 6.00. The van der Waals surface area contributed by atoms with Crippen LogP contribution in [0, 0.1) is 6.92 Å². The Labute approximate surface area is 162 Å². The molecule has 0 aliphatic carbocycles. The summed E-state index contributed by atoms with van der Waals surface area (Å²) in [4.78, 5) is 24.8. The van der Waals surface area contributed by atoms with Gasteiger partial charge in [0.2, 0.25) is 5.78 Å². The standard InChI is InChI=1S/C24H18O4/c1-16-14-22(25)28-21-15-19(12-13-20(16)21)27-24(18-10-6-3-7-11-18)23(26)17-8-4-2-5-9-17/h2-15,24H,1H3/t24-/m0/s1. The van der Waals surface area contributed by atoms with E-state index in [-0.39, 0.29) is 5.78 Å². The van der Waals surface area contributed by atoms with Crippen LogP contribution in [0.2, 0.25) is 0 Å². The first-order chi connectivity index (χ1) is 13.6. The largest absolute Gasteiger partial charge is 0.477 e. The van der Waals surface area contributed by atoms with Gasteiger partial charge in [0.25, 0.3) is 0 Å². The zero-order valence-corrected chi connectivity index (χ0v) is 15.3. The van der Waals surface area contributed by atoms with Gasteiger partial charge in [-0.1, -0.05) is 60.7 Å². The minimum Gasteiger partial charge on any atom is -0.477 e. The van der Waals surface area contributed by atoms with Crippen LogP contribution >= 0.6 is 0 Å². The van der Waals surface area contributed by atoms with Crippen LogP contribution in [-0.2, 0) is 0 Å². The zero-order chi connectivity index (χ0) is 19.5. The van der Waals surface area contributed by atoms with Gasteiger partial charge in [-0.15, -0.1) is 0 Å². The Morgan fingerprint density at radius 1 is 0.893 bits per heavy atom. The van der Waals surface area contributed by atoms with E-state index in [2.05, 4.69) is 0 Å². The van der Waals surface area contributed by atoms with Crippen LogP contribution in [0.15, 0.2) is 94.1 Å². The molecule has 28 heavy (non-hydrogen) atoms. The molecule has 138 valence electrons. The van der Waals surface area contributed by atoms with Crippen molar-refractivity contribution >= 4 is 16.8 Å². The first-order valence-corrected chi connectivity index (χ1v) is 8.97. The van der Waals surface area contributed by atoms with Crippen molar-refractivity contribution in [2.45, 2.75) is 13.0 Å². The van der Waals surface area contributed by atoms with Gasteiger partial charge in [0, 0.05) is 28.6 Å². The number of hydrogen-bond acceptors (Lipinski definition) is 4. The third-order valence-corrected chi connectivity index (χ3v) is 4.58. The summed E-state index contributed by atoms with van der Waals surface area (Å²) >= 11 is 0. The molecule has 0 N–H and O–H groups in total. The molecule has 4 rings (SSSR count). The lowest BCUT2D eigenvalue weighted by molar-refractivity contribution is 0.0792. The van der Waals surface area contributed by atoms with Crippen LogP contribution < -0.4 is 10.4 Å². The Balaban J connectivity index is 1.75. The highest BCUT2D eigenvalue weighted by Crippen LogP contribution is 2.28. The maximum atomic E-state index is 13.1. The lowest BCUT2D eigenvalue weighted by Gasteiger charge is -2.19. The summed E-state index contributed by atoms with van der Waals surface area (Å²) in [5.74, 6) is 0.317. The second-order valence-corrected chi connectivity index (χ2v) is 6.55. The normalized spacial score (nSPS) is 11.9. The predicted octanol–water partition coefficient (Wildman–Crippen LogP) is 5.10. The Morgan fingerprint density at radius 3 is 2.29 bits per heavy atom. The first-order valence-electron chi connectivity index (χ1n) is 8.97. The lowest BCUT2D eigenvalue weighted by Crippen LogP contribution is -2.19. The van der Waals surface area contributed by atoms with E-state index in [1.807, 2.05) is 61.5 Å². The minimum atomic E-state index is -0.808. The second-order valence-electron chi connectivity index (χ2n) is 6.55. The molecule has 1 atom stereocenters. The Bertz CT molecular complexity index is 1180. The van der Waals surface area contributed by atoms with Crippen molar-refractivity contribution < 1.29 is 13.9 Å². The van der Waals surface area contributed by atoms with Crippen molar-refractivity contribution in [2.24, 2.45) is 0 Å². The number of carbonyl (C=O) groups excluding carboxylic acids is 1. The summed E-state index contributed by atoms with van der Waals surface area (Å²) in [7, 11) is 0. The molecule has 0 fully saturated rings. The van der Waals surface area contributed by atoms with Crippen LogP contribution in [0.4, 0.5) is 0 Å². The molecule has 0 radical (unpaired) electrons. The van der Waals surface area contributed by atoms with Crippen LogP contribution in [-0.4, -0.2) is 5.78 Å². The molecule has 4 nitrogen and oxygen atoms in total. The fourth-order valence-corrected chi connectivity index (χ4v) is 3.17. The molecule has 1 heterocycles. The average molecular weight is 370 g/mol. The quantitative estimate of drug-likeness (QED) is 0.362. The summed E-state index contributed by atoms with van der Waals surface area (Å²) in [5.41, 5.74) is 2.17. The number of rotatable bonds is 5. The van der Waals surface area contributed by atoms with Crippen LogP contribution in [0.5, 0.6) is 5.75 Å². The van der Waals surface area contributed by atoms with Crippen LogP contribution in [0.1, 0.15) is 27.6 Å². The van der Waals surface area contributed by atoms with Gasteiger partial charge in [-0.3, -0.25) is 4.79 Å². The van der Waals surface area contributed by atoms with E-state index >= 15 is 0 Å². The number of benzene rings is 3. The number of hydrogen-bond donors (Lipinski definition) is 0. The molecule has 0 spiro atoms. The van der Waals surface area contributed by atoms with Crippen molar-refractivity contribution in [2.75, 3.05) is 0 Å². The topological polar surface area (TPSA) is 56.5 Å². The lowest BCUT2D eigenvalue weighted by atomic mass is 9.99. The monoisotopic (exact) mass is 370 g/mol. The van der Waals surface area contributed by atoms with Gasteiger partial charge in [-0.2, -0.15) is 0 Å². The molecule has 0 saturated heterocycles. The van der Waals surface area contributed by atoms with Gasteiger partial charge in [-0.05, 0) is 24.6 Å². The SMILES string of the molecule is Cc1cc(=O)oc2cc(O[C@H](C(=O)c3ccccc3)c3ccccc3)ccc12. The predicted molar refractivity (Wildman–Crippen MR) is 108 cm³/mol. The number of aryl methyl sites for hydroxylation is 1. The first kappa shape index (κ1) is 17.7. The van der Waals surface area contributed by atoms with Crippen molar-refractivity contribution in [1.29, 1.82) is 0 Å². The molecule has 0 unspecified atom stereocenters. The Morgan fingerprint density at radius 2 is 1.57 bits per heavy atom. The molecular formula is C24H18O4. The van der Waals surface area contributed by atoms with E-state index in [0.29, 0.717) is 16.9 Å². The van der Waals surface area contributed by atoms with Gasteiger partial charge in [0.05, 0.1) is 0 Å². The molecule has 0 amide bonds. The number of ketones is 1. The minimum absolute atomic E-state index is 0.141. The molecule has 1 aromatic heterocycles. The van der Waals surface area contributed by atoms with Gasteiger partial charge in [-0.25, -0.2) is 4.79 Å². The molecule has 3 aromatic carbocycles. The van der Waals surface area contributed by atoms with E-state index in [1.165, 1.54) is 6.07 Å². The summed E-state index contributed by atoms with van der Waals surface area (Å²) in [6, 6.07) is 25.1. The third-order valence-electron chi connectivity index (χ3n) is 4.58. The Hall–Kier alpha value is -3.66. The summed E-state index contributed by atoms with van der Waals surface area (Å²) in [6.07, 6.45) is -0.808.